The Kier molecular flexibility index (Phi) is 7.37. The van der Waals surface area contributed by atoms with Gasteiger partial charge in [-0.1, -0.05) is 12.1 Å². The van der Waals surface area contributed by atoms with Crippen LogP contribution in [0.2, 0.25) is 0 Å². The summed E-state index contributed by atoms with van der Waals surface area (Å²) in [5.74, 6) is 0.634. The van der Waals surface area contributed by atoms with Crippen molar-refractivity contribution in [1.82, 2.24) is 0 Å². The summed E-state index contributed by atoms with van der Waals surface area (Å²) in [5, 5.41) is 2.98. The van der Waals surface area contributed by atoms with Crippen LogP contribution in [-0.4, -0.2) is 57.4 Å². The quantitative estimate of drug-likeness (QED) is 0.550. The third kappa shape index (κ3) is 6.13. The summed E-state index contributed by atoms with van der Waals surface area (Å²) in [5.41, 5.74) is 7.12. The van der Waals surface area contributed by atoms with E-state index in [1.807, 2.05) is 36.4 Å². The van der Waals surface area contributed by atoms with Crippen molar-refractivity contribution in [2.75, 3.05) is 55.8 Å². The van der Waals surface area contributed by atoms with Crippen LogP contribution in [-0.2, 0) is 9.59 Å². The molecule has 7 nitrogen and oxygen atoms in total. The number of piperazine rings is 1. The molecule has 2 aromatic carbocycles. The highest BCUT2D eigenvalue weighted by molar-refractivity contribution is 8.00. The van der Waals surface area contributed by atoms with E-state index < -0.39 is 0 Å². The van der Waals surface area contributed by atoms with Crippen molar-refractivity contribution in [3.63, 3.8) is 0 Å². The molecule has 0 atom stereocenters. The number of nitrogens with two attached hydrogens (primary N) is 1. The molecular formula is C21H27N4O3S+. The highest BCUT2D eigenvalue weighted by Gasteiger charge is 2.22. The molecule has 3 rings (SSSR count). The second-order valence-corrected chi connectivity index (χ2v) is 7.93. The van der Waals surface area contributed by atoms with E-state index in [1.54, 1.807) is 7.11 Å². The summed E-state index contributed by atoms with van der Waals surface area (Å²) in [6.07, 6.45) is 0. The number of anilines is 2. The van der Waals surface area contributed by atoms with Crippen molar-refractivity contribution in [3.8, 4) is 5.75 Å². The molecule has 0 bridgehead atoms. The molecule has 4 N–H and O–H groups in total. The first kappa shape index (κ1) is 21.0. The van der Waals surface area contributed by atoms with Gasteiger partial charge in [-0.3, -0.25) is 9.59 Å². The predicted molar refractivity (Wildman–Crippen MR) is 116 cm³/mol. The lowest BCUT2D eigenvalue weighted by Gasteiger charge is -2.33. The molecular weight excluding hydrogens is 388 g/mol. The number of hydrogen-bond acceptors (Lipinski definition) is 5. The number of carbonyl (C=O) groups excluding carboxylic acids is 2. The molecule has 0 unspecified atom stereocenters. The Balaban J connectivity index is 1.49. The molecule has 8 heteroatoms. The standard InChI is InChI=1S/C21H26N4O3S/c1-28-17-8-6-16(7-9-17)25-12-10-24(11-13-25)14-21(27)23-18-4-2-3-5-19(18)29-15-20(22)26/h2-9H,10-15H2,1H3,(H2,22,26)(H,23,27)/p+1. The summed E-state index contributed by atoms with van der Waals surface area (Å²) in [6, 6.07) is 15.5. The number of amides is 2. The van der Waals surface area contributed by atoms with Crippen LogP contribution in [0.25, 0.3) is 0 Å². The third-order valence-electron chi connectivity index (χ3n) is 4.85. The van der Waals surface area contributed by atoms with Crippen molar-refractivity contribution in [2.24, 2.45) is 5.73 Å². The van der Waals surface area contributed by atoms with Gasteiger partial charge in [-0.15, -0.1) is 11.8 Å². The van der Waals surface area contributed by atoms with Crippen molar-refractivity contribution < 1.29 is 19.2 Å². The molecule has 0 radical (unpaired) electrons. The summed E-state index contributed by atoms with van der Waals surface area (Å²) in [7, 11) is 1.66. The van der Waals surface area contributed by atoms with Crippen molar-refractivity contribution in [2.45, 2.75) is 4.90 Å². The average Bonchev–Trinajstić information content (AvgIpc) is 2.73. The zero-order chi connectivity index (χ0) is 20.6. The summed E-state index contributed by atoms with van der Waals surface area (Å²) in [6.45, 7) is 4.03. The van der Waals surface area contributed by atoms with Gasteiger partial charge in [0, 0.05) is 10.6 Å². The highest BCUT2D eigenvalue weighted by Crippen LogP contribution is 2.26. The normalized spacial score (nSPS) is 14.4. The first-order valence-corrected chi connectivity index (χ1v) is 10.6. The molecule has 1 saturated heterocycles. The average molecular weight is 416 g/mol. The first-order chi connectivity index (χ1) is 14.0. The van der Waals surface area contributed by atoms with Crippen LogP contribution in [0.4, 0.5) is 11.4 Å². The maximum atomic E-state index is 12.5. The first-order valence-electron chi connectivity index (χ1n) is 9.57. The number of thioether (sulfide) groups is 1. The van der Waals surface area contributed by atoms with Crippen molar-refractivity contribution >= 4 is 35.0 Å². The molecule has 0 aliphatic carbocycles. The lowest BCUT2D eigenvalue weighted by Crippen LogP contribution is -3.15. The van der Waals surface area contributed by atoms with E-state index in [1.165, 1.54) is 22.3 Å². The Labute approximate surface area is 175 Å². The molecule has 1 aliphatic heterocycles. The molecule has 1 aliphatic rings. The molecule has 154 valence electrons. The zero-order valence-electron chi connectivity index (χ0n) is 16.5. The van der Waals surface area contributed by atoms with E-state index in [4.69, 9.17) is 10.5 Å². The van der Waals surface area contributed by atoms with Crippen LogP contribution in [0.15, 0.2) is 53.4 Å². The van der Waals surface area contributed by atoms with E-state index in [0.29, 0.717) is 6.54 Å². The van der Waals surface area contributed by atoms with Crippen molar-refractivity contribution in [1.29, 1.82) is 0 Å². The van der Waals surface area contributed by atoms with E-state index in [0.717, 1.165) is 42.5 Å². The maximum absolute atomic E-state index is 12.5. The zero-order valence-corrected chi connectivity index (χ0v) is 17.3. The number of para-hydroxylation sites is 1. The van der Waals surface area contributed by atoms with Crippen LogP contribution < -0.4 is 25.6 Å². The van der Waals surface area contributed by atoms with Gasteiger partial charge in [-0.25, -0.2) is 0 Å². The second kappa shape index (κ2) is 10.2. The Morgan fingerprint density at radius 3 is 2.48 bits per heavy atom. The lowest BCUT2D eigenvalue weighted by atomic mass is 10.2. The summed E-state index contributed by atoms with van der Waals surface area (Å²) in [4.78, 5) is 28.0. The Morgan fingerprint density at radius 1 is 1.14 bits per heavy atom. The van der Waals surface area contributed by atoms with Crippen LogP contribution in [0, 0.1) is 0 Å². The van der Waals surface area contributed by atoms with Gasteiger partial charge in [-0.2, -0.15) is 0 Å². The van der Waals surface area contributed by atoms with Gasteiger partial charge in [0.1, 0.15) is 5.75 Å². The number of methoxy groups -OCH3 is 1. The van der Waals surface area contributed by atoms with Gasteiger partial charge in [0.2, 0.25) is 5.91 Å². The Morgan fingerprint density at radius 2 is 1.83 bits per heavy atom. The highest BCUT2D eigenvalue weighted by atomic mass is 32.2. The molecule has 1 heterocycles. The molecule has 0 aromatic heterocycles. The molecule has 0 spiro atoms. The number of nitrogens with zero attached hydrogens (tertiary/aromatic N) is 1. The van der Waals surface area contributed by atoms with Crippen LogP contribution in [0.3, 0.4) is 0 Å². The number of primary amides is 1. The van der Waals surface area contributed by atoms with Gasteiger partial charge in [0.15, 0.2) is 6.54 Å². The fourth-order valence-corrected chi connectivity index (χ4v) is 4.06. The molecule has 1 fully saturated rings. The molecule has 2 aromatic rings. The van der Waals surface area contributed by atoms with Crippen molar-refractivity contribution in [3.05, 3.63) is 48.5 Å². The minimum atomic E-state index is -0.379. The van der Waals surface area contributed by atoms with Crippen LogP contribution in [0.5, 0.6) is 5.75 Å². The molecule has 29 heavy (non-hydrogen) atoms. The van der Waals surface area contributed by atoms with Gasteiger partial charge in [-0.05, 0) is 36.4 Å². The fourth-order valence-electron chi connectivity index (χ4n) is 3.32. The van der Waals surface area contributed by atoms with E-state index >= 15 is 0 Å². The summed E-state index contributed by atoms with van der Waals surface area (Å²) < 4.78 is 5.21. The third-order valence-corrected chi connectivity index (χ3v) is 5.95. The van der Waals surface area contributed by atoms with Gasteiger partial charge in [0.05, 0.1) is 44.7 Å². The monoisotopic (exact) mass is 415 g/mol. The molecule has 0 saturated carbocycles. The Bertz CT molecular complexity index is 836. The number of hydrogen-bond donors (Lipinski definition) is 3. The summed E-state index contributed by atoms with van der Waals surface area (Å²) >= 11 is 1.33. The van der Waals surface area contributed by atoms with E-state index in [2.05, 4.69) is 22.3 Å². The second-order valence-electron chi connectivity index (χ2n) is 6.91. The molecule has 2 amide bonds. The van der Waals surface area contributed by atoms with E-state index in [9.17, 15) is 9.59 Å². The number of quaternary nitrogens is 1. The minimum Gasteiger partial charge on any atom is -0.497 e. The number of benzene rings is 2. The topological polar surface area (TPSA) is 89.1 Å². The largest absolute Gasteiger partial charge is 0.497 e. The van der Waals surface area contributed by atoms with Gasteiger partial charge >= 0.3 is 0 Å². The number of ether oxygens (including phenoxy) is 1. The maximum Gasteiger partial charge on any atom is 0.279 e. The van der Waals surface area contributed by atoms with E-state index in [-0.39, 0.29) is 17.6 Å². The SMILES string of the molecule is COc1ccc(N2CC[NH+](CC(=O)Nc3ccccc3SCC(N)=O)CC2)cc1. The number of carbonyl (C=O) groups is 2. The minimum absolute atomic E-state index is 0.0231. The van der Waals surface area contributed by atoms with Gasteiger partial charge in [0.25, 0.3) is 5.91 Å². The fraction of sp³-hybridized carbons (Fsp3) is 0.333. The van der Waals surface area contributed by atoms with Crippen LogP contribution in [0.1, 0.15) is 0 Å². The Hall–Kier alpha value is -2.71. The smallest absolute Gasteiger partial charge is 0.279 e. The predicted octanol–water partition coefficient (Wildman–Crippen LogP) is 0.616. The lowest BCUT2D eigenvalue weighted by molar-refractivity contribution is -0.892. The van der Waals surface area contributed by atoms with Crippen LogP contribution >= 0.6 is 11.8 Å². The number of rotatable bonds is 8. The van der Waals surface area contributed by atoms with Gasteiger partial charge < -0.3 is 25.6 Å². The number of nitrogens with one attached hydrogen (secondary N) is 2.